The number of rotatable bonds is 3. The molecule has 3 nitrogen and oxygen atoms in total. The molecule has 0 aliphatic heterocycles. The van der Waals surface area contributed by atoms with Crippen LogP contribution >= 0.6 is 0 Å². The molecule has 2 aliphatic rings. The van der Waals surface area contributed by atoms with Crippen LogP contribution in [0.5, 0.6) is 0 Å². The van der Waals surface area contributed by atoms with Crippen LogP contribution in [-0.2, 0) is 5.41 Å². The van der Waals surface area contributed by atoms with Crippen LogP contribution < -0.4 is 4.90 Å². The topological polar surface area (TPSA) is 29.5 Å². The van der Waals surface area contributed by atoms with Crippen LogP contribution in [0.1, 0.15) is 22.3 Å². The molecule has 0 amide bonds. The lowest BCUT2D eigenvalue weighted by molar-refractivity contribution is 0.663. The fraction of sp³-hybridized carbons (Fsp3) is 0.0204. The highest BCUT2D eigenvalue weighted by atomic mass is 16.3. The molecule has 2 aromatic heterocycles. The van der Waals surface area contributed by atoms with Gasteiger partial charge in [-0.05, 0) is 81.4 Å². The fourth-order valence-electron chi connectivity index (χ4n) is 9.52. The first-order chi connectivity index (χ1) is 25.8. The fourth-order valence-corrected chi connectivity index (χ4v) is 9.52. The largest absolute Gasteiger partial charge is 0.456 e. The molecule has 0 bridgehead atoms. The number of benzene rings is 8. The Balaban J connectivity index is 1.19. The highest BCUT2D eigenvalue weighted by Gasteiger charge is 2.52. The van der Waals surface area contributed by atoms with Crippen LogP contribution in [0, 0.1) is 0 Å². The first-order valence-electron chi connectivity index (χ1n) is 17.9. The summed E-state index contributed by atoms with van der Waals surface area (Å²) in [5.74, 6) is 0. The minimum absolute atomic E-state index is 0.434. The molecule has 0 saturated carbocycles. The Bertz CT molecular complexity index is 3050. The number of anilines is 3. The number of nitrogens with zero attached hydrogens (tertiary/aromatic N) is 1. The Kier molecular flexibility index (Phi) is 5.43. The first kappa shape index (κ1) is 27.9. The Morgan fingerprint density at radius 3 is 1.73 bits per heavy atom. The Morgan fingerprint density at radius 2 is 0.942 bits per heavy atom. The minimum atomic E-state index is -0.434. The number of para-hydroxylation sites is 3. The summed E-state index contributed by atoms with van der Waals surface area (Å²) in [5, 5.41) is 4.22. The van der Waals surface area contributed by atoms with Crippen molar-refractivity contribution in [3.05, 3.63) is 198 Å². The van der Waals surface area contributed by atoms with Gasteiger partial charge in [-0.2, -0.15) is 0 Å². The van der Waals surface area contributed by atoms with Gasteiger partial charge in [-0.3, -0.25) is 0 Å². The van der Waals surface area contributed by atoms with E-state index in [1.54, 1.807) is 0 Å². The standard InChI is InChI=1S/C49H29NO2/c1-2-14-30(15-3-1)50(42-26-12-20-33-34-28-29-44-46(48(34)52-47(33)42)36-19-7-11-27-43(36)51-44)41-25-13-24-40-45(41)35-18-6-10-23-39(35)49(40)37-21-8-4-16-31(37)32-17-5-9-22-38(32)49/h1-29H. The summed E-state index contributed by atoms with van der Waals surface area (Å²) in [6.45, 7) is 0. The van der Waals surface area contributed by atoms with Crippen molar-refractivity contribution in [2.75, 3.05) is 4.90 Å². The molecule has 0 radical (unpaired) electrons. The van der Waals surface area contributed by atoms with Gasteiger partial charge in [0.2, 0.25) is 0 Å². The molecule has 12 rings (SSSR count). The van der Waals surface area contributed by atoms with E-state index in [1.807, 2.05) is 12.1 Å². The molecular formula is C49H29NO2. The predicted octanol–water partition coefficient (Wildman–Crippen LogP) is 13.3. The average Bonchev–Trinajstić information content (AvgIpc) is 3.94. The van der Waals surface area contributed by atoms with Gasteiger partial charge in [0.1, 0.15) is 16.7 Å². The van der Waals surface area contributed by atoms with Crippen LogP contribution in [-0.4, -0.2) is 0 Å². The van der Waals surface area contributed by atoms with Crippen molar-refractivity contribution in [1.29, 1.82) is 0 Å². The molecule has 0 atom stereocenters. The second-order valence-corrected chi connectivity index (χ2v) is 13.9. The molecule has 0 fully saturated rings. The molecule has 52 heavy (non-hydrogen) atoms. The maximum absolute atomic E-state index is 7.06. The predicted molar refractivity (Wildman–Crippen MR) is 212 cm³/mol. The molecular weight excluding hydrogens is 635 g/mol. The first-order valence-corrected chi connectivity index (χ1v) is 17.9. The van der Waals surface area contributed by atoms with Crippen molar-refractivity contribution in [2.45, 2.75) is 5.41 Å². The highest BCUT2D eigenvalue weighted by Crippen LogP contribution is 2.64. The van der Waals surface area contributed by atoms with Crippen LogP contribution in [0.3, 0.4) is 0 Å². The van der Waals surface area contributed by atoms with Gasteiger partial charge in [0.25, 0.3) is 0 Å². The van der Waals surface area contributed by atoms with E-state index in [0.717, 1.165) is 60.9 Å². The van der Waals surface area contributed by atoms with Gasteiger partial charge in [-0.25, -0.2) is 0 Å². The van der Waals surface area contributed by atoms with E-state index in [0.29, 0.717) is 0 Å². The summed E-state index contributed by atoms with van der Waals surface area (Å²) in [6, 6.07) is 63.5. The molecule has 0 unspecified atom stereocenters. The summed E-state index contributed by atoms with van der Waals surface area (Å²) in [6.07, 6.45) is 0. The van der Waals surface area contributed by atoms with Crippen molar-refractivity contribution in [1.82, 2.24) is 0 Å². The minimum Gasteiger partial charge on any atom is -0.456 e. The molecule has 3 heteroatoms. The quantitative estimate of drug-likeness (QED) is 0.188. The Morgan fingerprint density at radius 1 is 0.365 bits per heavy atom. The lowest BCUT2D eigenvalue weighted by Crippen LogP contribution is -2.26. The van der Waals surface area contributed by atoms with Crippen molar-refractivity contribution in [2.24, 2.45) is 0 Å². The van der Waals surface area contributed by atoms with Crippen molar-refractivity contribution in [3.8, 4) is 22.3 Å². The monoisotopic (exact) mass is 663 g/mol. The van der Waals surface area contributed by atoms with Gasteiger partial charge in [0, 0.05) is 27.4 Å². The van der Waals surface area contributed by atoms with Gasteiger partial charge < -0.3 is 13.7 Å². The molecule has 10 aromatic rings. The second kappa shape index (κ2) is 10.1. The van der Waals surface area contributed by atoms with E-state index < -0.39 is 5.41 Å². The van der Waals surface area contributed by atoms with Gasteiger partial charge >= 0.3 is 0 Å². The van der Waals surface area contributed by atoms with Gasteiger partial charge in [-0.15, -0.1) is 0 Å². The smallest absolute Gasteiger partial charge is 0.159 e. The Labute approximate surface area is 299 Å². The van der Waals surface area contributed by atoms with Crippen LogP contribution in [0.15, 0.2) is 185 Å². The summed E-state index contributed by atoms with van der Waals surface area (Å²) in [4.78, 5) is 2.40. The van der Waals surface area contributed by atoms with E-state index in [2.05, 4.69) is 169 Å². The number of hydrogen-bond acceptors (Lipinski definition) is 3. The van der Waals surface area contributed by atoms with Crippen LogP contribution in [0.2, 0.25) is 0 Å². The summed E-state index contributed by atoms with van der Waals surface area (Å²) in [7, 11) is 0. The number of hydrogen-bond donors (Lipinski definition) is 0. The molecule has 0 saturated heterocycles. The van der Waals surface area contributed by atoms with Crippen molar-refractivity contribution < 1.29 is 8.83 Å². The van der Waals surface area contributed by atoms with Crippen LogP contribution in [0.4, 0.5) is 17.1 Å². The lowest BCUT2D eigenvalue weighted by Gasteiger charge is -2.31. The van der Waals surface area contributed by atoms with E-state index in [1.165, 1.54) is 44.5 Å². The number of furan rings is 2. The molecule has 1 spiro atoms. The Hall–Kier alpha value is -6.84. The zero-order valence-corrected chi connectivity index (χ0v) is 28.0. The van der Waals surface area contributed by atoms with E-state index in [9.17, 15) is 0 Å². The van der Waals surface area contributed by atoms with Crippen molar-refractivity contribution >= 4 is 60.9 Å². The summed E-state index contributed by atoms with van der Waals surface area (Å²) >= 11 is 0. The SMILES string of the molecule is c1ccc(N(c2cccc3c2-c2ccccc2C32c3ccccc3-c3ccccc32)c2cccc3c2oc2c3ccc3oc4ccccc4c32)cc1. The van der Waals surface area contributed by atoms with E-state index >= 15 is 0 Å². The number of fused-ring (bicyclic) bond motifs is 17. The van der Waals surface area contributed by atoms with E-state index in [4.69, 9.17) is 8.83 Å². The maximum atomic E-state index is 7.06. The zero-order valence-electron chi connectivity index (χ0n) is 28.0. The summed E-state index contributed by atoms with van der Waals surface area (Å²) in [5.41, 5.74) is 16.5. The molecule has 2 heterocycles. The molecule has 242 valence electrons. The van der Waals surface area contributed by atoms with Crippen LogP contribution in [0.25, 0.3) is 66.1 Å². The third-order valence-corrected chi connectivity index (χ3v) is 11.5. The van der Waals surface area contributed by atoms with Gasteiger partial charge in [0.15, 0.2) is 5.58 Å². The van der Waals surface area contributed by atoms with Gasteiger partial charge in [0.05, 0.1) is 22.2 Å². The average molecular weight is 664 g/mol. The van der Waals surface area contributed by atoms with Gasteiger partial charge in [-0.1, -0.05) is 133 Å². The second-order valence-electron chi connectivity index (χ2n) is 13.9. The molecule has 0 N–H and O–H groups in total. The molecule has 2 aliphatic carbocycles. The highest BCUT2D eigenvalue weighted by molar-refractivity contribution is 6.23. The van der Waals surface area contributed by atoms with E-state index in [-0.39, 0.29) is 0 Å². The summed E-state index contributed by atoms with van der Waals surface area (Å²) < 4.78 is 13.3. The molecule has 8 aromatic carbocycles. The lowest BCUT2D eigenvalue weighted by atomic mass is 9.70. The third kappa shape index (κ3) is 3.40. The zero-order chi connectivity index (χ0) is 34.0. The third-order valence-electron chi connectivity index (χ3n) is 11.5. The normalized spacial score (nSPS) is 13.5. The van der Waals surface area contributed by atoms with Crippen molar-refractivity contribution in [3.63, 3.8) is 0 Å². The maximum Gasteiger partial charge on any atom is 0.159 e.